The SMILES string of the molecule is CCOc1ccc(Br)c([C@@]2(O)C[C@@H](C)N(C)C[C@@H]2C)c1. The van der Waals surface area contributed by atoms with Crippen molar-refractivity contribution >= 4 is 15.9 Å². The highest BCUT2D eigenvalue weighted by atomic mass is 79.9. The number of benzene rings is 1. The van der Waals surface area contributed by atoms with E-state index in [0.717, 1.165) is 28.8 Å². The first kappa shape index (κ1) is 15.8. The molecule has 4 heteroatoms. The molecule has 0 aliphatic carbocycles. The number of halogens is 1. The zero-order valence-electron chi connectivity index (χ0n) is 12.7. The van der Waals surface area contributed by atoms with Crippen LogP contribution >= 0.6 is 15.9 Å². The average molecular weight is 342 g/mol. The van der Waals surface area contributed by atoms with Crippen molar-refractivity contribution in [3.8, 4) is 5.75 Å². The first-order valence-corrected chi connectivity index (χ1v) is 8.03. The Labute approximate surface area is 130 Å². The zero-order chi connectivity index (χ0) is 14.9. The van der Waals surface area contributed by atoms with Crippen LogP contribution in [0.4, 0.5) is 0 Å². The number of hydrogen-bond acceptors (Lipinski definition) is 3. The molecule has 1 saturated heterocycles. The van der Waals surface area contributed by atoms with Crippen molar-refractivity contribution in [1.29, 1.82) is 0 Å². The van der Waals surface area contributed by atoms with Gasteiger partial charge in [0, 0.05) is 28.5 Å². The third-order valence-corrected chi connectivity index (χ3v) is 5.14. The van der Waals surface area contributed by atoms with Gasteiger partial charge in [-0.05, 0) is 45.5 Å². The van der Waals surface area contributed by atoms with E-state index in [2.05, 4.69) is 41.7 Å². The highest BCUT2D eigenvalue weighted by Crippen LogP contribution is 2.43. The highest BCUT2D eigenvalue weighted by molar-refractivity contribution is 9.10. The molecule has 1 aromatic carbocycles. The summed E-state index contributed by atoms with van der Waals surface area (Å²) in [6.45, 7) is 7.77. The van der Waals surface area contributed by atoms with Crippen molar-refractivity contribution in [1.82, 2.24) is 4.90 Å². The van der Waals surface area contributed by atoms with Crippen LogP contribution in [-0.2, 0) is 5.60 Å². The van der Waals surface area contributed by atoms with Gasteiger partial charge in [0.2, 0.25) is 0 Å². The van der Waals surface area contributed by atoms with E-state index in [9.17, 15) is 5.11 Å². The Kier molecular flexibility index (Phi) is 4.77. The van der Waals surface area contributed by atoms with Crippen molar-refractivity contribution in [3.63, 3.8) is 0 Å². The first-order valence-electron chi connectivity index (χ1n) is 7.24. The number of ether oxygens (including phenoxy) is 1. The van der Waals surface area contributed by atoms with Crippen molar-refractivity contribution in [3.05, 3.63) is 28.2 Å². The number of piperidine rings is 1. The Morgan fingerprint density at radius 2 is 2.15 bits per heavy atom. The van der Waals surface area contributed by atoms with E-state index in [-0.39, 0.29) is 5.92 Å². The molecule has 0 amide bonds. The van der Waals surface area contributed by atoms with Gasteiger partial charge in [-0.2, -0.15) is 0 Å². The van der Waals surface area contributed by atoms with E-state index < -0.39 is 5.60 Å². The van der Waals surface area contributed by atoms with E-state index in [1.54, 1.807) is 0 Å². The summed E-state index contributed by atoms with van der Waals surface area (Å²) in [6, 6.07) is 6.23. The van der Waals surface area contributed by atoms with Crippen LogP contribution in [-0.4, -0.2) is 36.2 Å². The maximum absolute atomic E-state index is 11.3. The van der Waals surface area contributed by atoms with Gasteiger partial charge < -0.3 is 14.7 Å². The molecule has 0 aromatic heterocycles. The summed E-state index contributed by atoms with van der Waals surface area (Å²) in [6.07, 6.45) is 0.735. The molecule has 1 aliphatic heterocycles. The monoisotopic (exact) mass is 341 g/mol. The lowest BCUT2D eigenvalue weighted by atomic mass is 9.74. The fraction of sp³-hybridized carbons (Fsp3) is 0.625. The standard InChI is InChI=1S/C16H24BrNO2/c1-5-20-13-6-7-15(17)14(8-13)16(19)9-12(3)18(4)10-11(16)2/h6-8,11-12,19H,5,9-10H2,1-4H3/t11-,12+,16+/m0/s1. The van der Waals surface area contributed by atoms with Crippen LogP contribution in [0.2, 0.25) is 0 Å². The first-order chi connectivity index (χ1) is 9.38. The molecular formula is C16H24BrNO2. The predicted molar refractivity (Wildman–Crippen MR) is 85.1 cm³/mol. The van der Waals surface area contributed by atoms with Gasteiger partial charge >= 0.3 is 0 Å². The molecule has 3 atom stereocenters. The molecule has 0 radical (unpaired) electrons. The highest BCUT2D eigenvalue weighted by Gasteiger charge is 2.43. The van der Waals surface area contributed by atoms with Crippen LogP contribution in [0.15, 0.2) is 22.7 Å². The summed E-state index contributed by atoms with van der Waals surface area (Å²) < 4.78 is 6.53. The summed E-state index contributed by atoms with van der Waals surface area (Å²) in [4.78, 5) is 2.30. The van der Waals surface area contributed by atoms with E-state index in [1.165, 1.54) is 0 Å². The van der Waals surface area contributed by atoms with Gasteiger partial charge in [-0.3, -0.25) is 0 Å². The molecular weight excluding hydrogens is 318 g/mol. The molecule has 3 nitrogen and oxygen atoms in total. The van der Waals surface area contributed by atoms with Gasteiger partial charge in [0.05, 0.1) is 12.2 Å². The Morgan fingerprint density at radius 1 is 1.45 bits per heavy atom. The fourth-order valence-corrected chi connectivity index (χ4v) is 3.63. The minimum atomic E-state index is -0.808. The summed E-state index contributed by atoms with van der Waals surface area (Å²) in [5, 5.41) is 11.3. The Bertz CT molecular complexity index is 480. The molecule has 1 aliphatic rings. The normalized spacial score (nSPS) is 31.3. The lowest BCUT2D eigenvalue weighted by Crippen LogP contribution is -2.51. The van der Waals surface area contributed by atoms with Crippen LogP contribution < -0.4 is 4.74 Å². The third-order valence-electron chi connectivity index (χ3n) is 4.45. The van der Waals surface area contributed by atoms with Crippen molar-refractivity contribution in [2.75, 3.05) is 20.2 Å². The number of nitrogens with zero attached hydrogens (tertiary/aromatic N) is 1. The van der Waals surface area contributed by atoms with E-state index in [4.69, 9.17) is 4.74 Å². The number of aliphatic hydroxyl groups is 1. The Balaban J connectivity index is 2.40. The summed E-state index contributed by atoms with van der Waals surface area (Å²) >= 11 is 3.59. The van der Waals surface area contributed by atoms with Gasteiger partial charge in [-0.15, -0.1) is 0 Å². The molecule has 0 unspecified atom stereocenters. The van der Waals surface area contributed by atoms with E-state index in [1.807, 2.05) is 25.1 Å². The van der Waals surface area contributed by atoms with Gasteiger partial charge in [0.25, 0.3) is 0 Å². The van der Waals surface area contributed by atoms with Gasteiger partial charge in [-0.1, -0.05) is 22.9 Å². The van der Waals surface area contributed by atoms with Crippen molar-refractivity contribution < 1.29 is 9.84 Å². The van der Waals surface area contributed by atoms with E-state index in [0.29, 0.717) is 12.6 Å². The summed E-state index contributed by atoms with van der Waals surface area (Å²) in [5.74, 6) is 0.995. The Hall–Kier alpha value is -0.580. The van der Waals surface area contributed by atoms with Crippen LogP contribution in [0.1, 0.15) is 32.8 Å². The third kappa shape index (κ3) is 2.87. The maximum atomic E-state index is 11.3. The van der Waals surface area contributed by atoms with Crippen LogP contribution in [0.5, 0.6) is 5.75 Å². The largest absolute Gasteiger partial charge is 0.494 e. The second-order valence-corrected chi connectivity index (χ2v) is 6.75. The van der Waals surface area contributed by atoms with Crippen LogP contribution in [0, 0.1) is 5.92 Å². The molecule has 1 N–H and O–H groups in total. The molecule has 0 bridgehead atoms. The molecule has 1 heterocycles. The lowest BCUT2D eigenvalue weighted by Gasteiger charge is -2.46. The molecule has 0 saturated carbocycles. The van der Waals surface area contributed by atoms with Crippen molar-refractivity contribution in [2.24, 2.45) is 5.92 Å². The minimum absolute atomic E-state index is 0.178. The quantitative estimate of drug-likeness (QED) is 0.914. The molecule has 2 rings (SSSR count). The average Bonchev–Trinajstić information content (AvgIpc) is 2.39. The summed E-state index contributed by atoms with van der Waals surface area (Å²) in [7, 11) is 2.12. The molecule has 0 spiro atoms. The van der Waals surface area contributed by atoms with Gasteiger partial charge in [0.1, 0.15) is 5.75 Å². The lowest BCUT2D eigenvalue weighted by molar-refractivity contribution is -0.0849. The number of rotatable bonds is 3. The predicted octanol–water partition coefficient (Wildman–Crippen LogP) is 3.40. The Morgan fingerprint density at radius 3 is 2.80 bits per heavy atom. The van der Waals surface area contributed by atoms with Crippen LogP contribution in [0.3, 0.4) is 0 Å². The number of hydrogen-bond donors (Lipinski definition) is 1. The molecule has 20 heavy (non-hydrogen) atoms. The molecule has 112 valence electrons. The van der Waals surface area contributed by atoms with Gasteiger partial charge in [-0.25, -0.2) is 0 Å². The smallest absolute Gasteiger partial charge is 0.119 e. The van der Waals surface area contributed by atoms with E-state index >= 15 is 0 Å². The van der Waals surface area contributed by atoms with Gasteiger partial charge in [0.15, 0.2) is 0 Å². The fourth-order valence-electron chi connectivity index (χ4n) is 3.04. The second kappa shape index (κ2) is 6.04. The second-order valence-electron chi connectivity index (χ2n) is 5.89. The molecule has 1 fully saturated rings. The molecule has 1 aromatic rings. The van der Waals surface area contributed by atoms with Crippen molar-refractivity contribution in [2.45, 2.75) is 38.8 Å². The maximum Gasteiger partial charge on any atom is 0.119 e. The number of likely N-dealkylation sites (tertiary alicyclic amines) is 1. The summed E-state index contributed by atoms with van der Waals surface area (Å²) in [5.41, 5.74) is 0.133. The van der Waals surface area contributed by atoms with Crippen LogP contribution in [0.25, 0.3) is 0 Å². The topological polar surface area (TPSA) is 32.7 Å². The zero-order valence-corrected chi connectivity index (χ0v) is 14.3. The minimum Gasteiger partial charge on any atom is -0.494 e.